The highest BCUT2D eigenvalue weighted by Gasteiger charge is 2.18. The van der Waals surface area contributed by atoms with Gasteiger partial charge in [-0.25, -0.2) is 14.8 Å². The molecule has 6 heteroatoms. The van der Waals surface area contributed by atoms with Gasteiger partial charge in [-0.05, 0) is 43.5 Å². The van der Waals surface area contributed by atoms with E-state index in [1.807, 2.05) is 26.0 Å². The van der Waals surface area contributed by atoms with E-state index in [1.165, 1.54) is 17.7 Å². The van der Waals surface area contributed by atoms with E-state index < -0.39 is 5.97 Å². The van der Waals surface area contributed by atoms with Gasteiger partial charge in [-0.2, -0.15) is 0 Å². The number of carboxylic acid groups (broad SMARTS) is 1. The molecule has 112 valence electrons. The summed E-state index contributed by atoms with van der Waals surface area (Å²) >= 11 is 1.17. The van der Waals surface area contributed by atoms with Gasteiger partial charge in [0.2, 0.25) is 0 Å². The van der Waals surface area contributed by atoms with Crippen LogP contribution in [0.4, 0.5) is 11.5 Å². The summed E-state index contributed by atoms with van der Waals surface area (Å²) in [5.41, 5.74) is 3.90. The molecule has 2 N–H and O–H groups in total. The van der Waals surface area contributed by atoms with Crippen LogP contribution in [-0.4, -0.2) is 21.0 Å². The van der Waals surface area contributed by atoms with Crippen LogP contribution in [0.1, 0.15) is 26.4 Å². The summed E-state index contributed by atoms with van der Waals surface area (Å²) in [7, 11) is 0. The maximum atomic E-state index is 11.3. The van der Waals surface area contributed by atoms with Gasteiger partial charge >= 0.3 is 5.97 Å². The summed E-state index contributed by atoms with van der Waals surface area (Å²) in [6, 6.07) is 6.14. The monoisotopic (exact) mass is 313 g/mol. The number of hydrogen-bond donors (Lipinski definition) is 2. The van der Waals surface area contributed by atoms with Gasteiger partial charge in [0.15, 0.2) is 0 Å². The summed E-state index contributed by atoms with van der Waals surface area (Å²) in [5, 5.41) is 13.4. The number of aryl methyl sites for hydroxylation is 3. The molecular weight excluding hydrogens is 298 g/mol. The number of anilines is 2. The first kappa shape index (κ1) is 14.5. The van der Waals surface area contributed by atoms with E-state index in [-0.39, 0.29) is 0 Å². The molecule has 0 amide bonds. The molecule has 22 heavy (non-hydrogen) atoms. The standard InChI is InChI=1S/C16H15N3O2S/c1-8-4-5-9(2)11(6-8)19-14-12-10(3)13(16(20)21)22-15(12)18-7-17-14/h4-7H,1-3H3,(H,20,21)(H,17,18,19). The molecule has 0 spiro atoms. The molecule has 0 saturated carbocycles. The number of aromatic carboxylic acids is 1. The highest BCUT2D eigenvalue weighted by Crippen LogP contribution is 2.34. The second-order valence-corrected chi connectivity index (χ2v) is 6.21. The normalized spacial score (nSPS) is 10.9. The molecule has 0 radical (unpaired) electrons. The lowest BCUT2D eigenvalue weighted by Gasteiger charge is -2.11. The average molecular weight is 313 g/mol. The molecule has 2 aromatic heterocycles. The molecule has 0 aliphatic rings. The Morgan fingerprint density at radius 1 is 1.23 bits per heavy atom. The van der Waals surface area contributed by atoms with E-state index in [0.717, 1.165) is 22.2 Å². The molecule has 0 aliphatic heterocycles. The lowest BCUT2D eigenvalue weighted by atomic mass is 10.1. The van der Waals surface area contributed by atoms with Crippen LogP contribution in [0, 0.1) is 20.8 Å². The van der Waals surface area contributed by atoms with Crippen LogP contribution in [0.15, 0.2) is 24.5 Å². The fourth-order valence-corrected chi connectivity index (χ4v) is 3.36. The van der Waals surface area contributed by atoms with Crippen LogP contribution in [-0.2, 0) is 0 Å². The maximum absolute atomic E-state index is 11.3. The first-order valence-electron chi connectivity index (χ1n) is 6.79. The number of carboxylic acids is 1. The molecule has 0 aliphatic carbocycles. The van der Waals surface area contributed by atoms with Crippen LogP contribution in [0.3, 0.4) is 0 Å². The van der Waals surface area contributed by atoms with E-state index in [2.05, 4.69) is 21.4 Å². The number of carbonyl (C=O) groups is 1. The van der Waals surface area contributed by atoms with E-state index in [4.69, 9.17) is 0 Å². The molecule has 0 unspecified atom stereocenters. The Morgan fingerprint density at radius 3 is 2.73 bits per heavy atom. The maximum Gasteiger partial charge on any atom is 0.346 e. The SMILES string of the molecule is Cc1ccc(C)c(Nc2ncnc3sc(C(=O)O)c(C)c23)c1. The van der Waals surface area contributed by atoms with Gasteiger partial charge in [-0.3, -0.25) is 0 Å². The number of aromatic nitrogens is 2. The van der Waals surface area contributed by atoms with Crippen molar-refractivity contribution >= 4 is 39.0 Å². The van der Waals surface area contributed by atoms with Gasteiger partial charge in [-0.15, -0.1) is 11.3 Å². The largest absolute Gasteiger partial charge is 0.477 e. The molecule has 0 bridgehead atoms. The molecule has 2 heterocycles. The van der Waals surface area contributed by atoms with E-state index in [9.17, 15) is 9.90 Å². The number of nitrogens with zero attached hydrogens (tertiary/aromatic N) is 2. The summed E-state index contributed by atoms with van der Waals surface area (Å²) < 4.78 is 0. The Kier molecular flexibility index (Phi) is 3.54. The van der Waals surface area contributed by atoms with Gasteiger partial charge in [-0.1, -0.05) is 12.1 Å². The number of benzene rings is 1. The zero-order chi connectivity index (χ0) is 15.9. The summed E-state index contributed by atoms with van der Waals surface area (Å²) in [6.07, 6.45) is 1.46. The van der Waals surface area contributed by atoms with Gasteiger partial charge in [0.1, 0.15) is 21.9 Å². The Hall–Kier alpha value is -2.47. The zero-order valence-corrected chi connectivity index (χ0v) is 13.3. The third-order valence-corrected chi connectivity index (χ3v) is 4.76. The summed E-state index contributed by atoms with van der Waals surface area (Å²) in [4.78, 5) is 20.8. The quantitative estimate of drug-likeness (QED) is 0.762. The van der Waals surface area contributed by atoms with E-state index in [1.54, 1.807) is 6.92 Å². The Morgan fingerprint density at radius 2 is 2.00 bits per heavy atom. The summed E-state index contributed by atoms with van der Waals surface area (Å²) in [6.45, 7) is 5.84. The fraction of sp³-hybridized carbons (Fsp3) is 0.188. The lowest BCUT2D eigenvalue weighted by molar-refractivity contribution is 0.0701. The van der Waals surface area contributed by atoms with Crippen molar-refractivity contribution in [3.05, 3.63) is 46.1 Å². The van der Waals surface area contributed by atoms with Crippen molar-refractivity contribution in [2.75, 3.05) is 5.32 Å². The molecular formula is C16H15N3O2S. The molecule has 0 saturated heterocycles. The molecule has 1 aromatic carbocycles. The first-order valence-corrected chi connectivity index (χ1v) is 7.60. The van der Waals surface area contributed by atoms with Crippen molar-refractivity contribution in [2.24, 2.45) is 0 Å². The highest BCUT2D eigenvalue weighted by molar-refractivity contribution is 7.20. The third-order valence-electron chi connectivity index (χ3n) is 3.57. The zero-order valence-electron chi connectivity index (χ0n) is 12.5. The van der Waals surface area contributed by atoms with Crippen molar-refractivity contribution in [3.8, 4) is 0 Å². The van der Waals surface area contributed by atoms with Gasteiger partial charge in [0, 0.05) is 5.69 Å². The number of nitrogens with one attached hydrogen (secondary N) is 1. The predicted molar refractivity (Wildman–Crippen MR) is 88.3 cm³/mol. The van der Waals surface area contributed by atoms with Crippen LogP contribution < -0.4 is 5.32 Å². The molecule has 0 fully saturated rings. The van der Waals surface area contributed by atoms with Gasteiger partial charge < -0.3 is 10.4 Å². The van der Waals surface area contributed by atoms with Crippen molar-refractivity contribution < 1.29 is 9.90 Å². The topological polar surface area (TPSA) is 75.1 Å². The van der Waals surface area contributed by atoms with Gasteiger partial charge in [0.05, 0.1) is 5.39 Å². The first-order chi connectivity index (χ1) is 10.5. The van der Waals surface area contributed by atoms with Crippen LogP contribution >= 0.6 is 11.3 Å². The van der Waals surface area contributed by atoms with Crippen molar-refractivity contribution in [3.63, 3.8) is 0 Å². The molecule has 3 aromatic rings. The average Bonchev–Trinajstić information content (AvgIpc) is 2.81. The molecule has 3 rings (SSSR count). The molecule has 0 atom stereocenters. The second kappa shape index (κ2) is 5.38. The number of thiophene rings is 1. The molecule has 5 nitrogen and oxygen atoms in total. The minimum atomic E-state index is -0.932. The number of fused-ring (bicyclic) bond motifs is 1. The number of hydrogen-bond acceptors (Lipinski definition) is 5. The van der Waals surface area contributed by atoms with Crippen molar-refractivity contribution in [1.82, 2.24) is 9.97 Å². The minimum absolute atomic E-state index is 0.305. The van der Waals surface area contributed by atoms with Crippen LogP contribution in [0.2, 0.25) is 0 Å². The van der Waals surface area contributed by atoms with Crippen LogP contribution in [0.25, 0.3) is 10.2 Å². The third kappa shape index (κ3) is 2.42. The smallest absolute Gasteiger partial charge is 0.346 e. The van der Waals surface area contributed by atoms with E-state index >= 15 is 0 Å². The van der Waals surface area contributed by atoms with Gasteiger partial charge in [0.25, 0.3) is 0 Å². The van der Waals surface area contributed by atoms with Crippen molar-refractivity contribution in [2.45, 2.75) is 20.8 Å². The second-order valence-electron chi connectivity index (χ2n) is 5.21. The lowest BCUT2D eigenvalue weighted by Crippen LogP contribution is -1.99. The Balaban J connectivity index is 2.15. The summed E-state index contributed by atoms with van der Waals surface area (Å²) in [5.74, 6) is -0.293. The predicted octanol–water partition coefficient (Wildman–Crippen LogP) is 4.06. The van der Waals surface area contributed by atoms with Crippen LogP contribution in [0.5, 0.6) is 0 Å². The Labute approximate surface area is 131 Å². The highest BCUT2D eigenvalue weighted by atomic mass is 32.1. The van der Waals surface area contributed by atoms with Crippen molar-refractivity contribution in [1.29, 1.82) is 0 Å². The number of rotatable bonds is 3. The minimum Gasteiger partial charge on any atom is -0.477 e. The Bertz CT molecular complexity index is 886. The van der Waals surface area contributed by atoms with E-state index in [0.29, 0.717) is 21.1 Å². The fourth-order valence-electron chi connectivity index (χ4n) is 2.37.